The van der Waals surface area contributed by atoms with Crippen LogP contribution in [-0.2, 0) is 0 Å². The van der Waals surface area contributed by atoms with Gasteiger partial charge in [-0.25, -0.2) is 0 Å². The average Bonchev–Trinajstić information content (AvgIpc) is 2.37. The van der Waals surface area contributed by atoms with E-state index in [9.17, 15) is 5.11 Å². The van der Waals surface area contributed by atoms with E-state index in [1.165, 1.54) is 5.56 Å². The summed E-state index contributed by atoms with van der Waals surface area (Å²) in [5.41, 5.74) is 3.33. The second kappa shape index (κ2) is 6.05. The fourth-order valence-corrected chi connectivity index (χ4v) is 2.97. The van der Waals surface area contributed by atoms with Crippen LogP contribution in [0.25, 0.3) is 0 Å². The van der Waals surface area contributed by atoms with Crippen molar-refractivity contribution >= 4 is 0 Å². The van der Waals surface area contributed by atoms with E-state index >= 15 is 0 Å². The van der Waals surface area contributed by atoms with Gasteiger partial charge in [-0.15, -0.1) is 0 Å². The van der Waals surface area contributed by atoms with Crippen molar-refractivity contribution in [3.63, 3.8) is 0 Å². The minimum absolute atomic E-state index is 0.132. The van der Waals surface area contributed by atoms with E-state index in [0.29, 0.717) is 12.2 Å². The lowest BCUT2D eigenvalue weighted by atomic mass is 9.92. The van der Waals surface area contributed by atoms with Gasteiger partial charge in [-0.05, 0) is 42.7 Å². The predicted octanol–water partition coefficient (Wildman–Crippen LogP) is 1.87. The van der Waals surface area contributed by atoms with Gasteiger partial charge in [-0.2, -0.15) is 5.26 Å². The first-order chi connectivity index (χ1) is 9.13. The second-order valence-corrected chi connectivity index (χ2v) is 5.16. The number of hydrogen-bond acceptors (Lipinski definition) is 4. The first-order valence-corrected chi connectivity index (χ1v) is 6.75. The van der Waals surface area contributed by atoms with Gasteiger partial charge in [0.25, 0.3) is 0 Å². The number of nitriles is 1. The first-order valence-electron chi connectivity index (χ1n) is 6.75. The van der Waals surface area contributed by atoms with Crippen LogP contribution < -0.4 is 5.32 Å². The zero-order chi connectivity index (χ0) is 13.8. The van der Waals surface area contributed by atoms with Gasteiger partial charge in [0.05, 0.1) is 12.5 Å². The van der Waals surface area contributed by atoms with E-state index in [4.69, 9.17) is 5.26 Å². The van der Waals surface area contributed by atoms with Gasteiger partial charge in [-0.3, -0.25) is 4.90 Å². The lowest BCUT2D eigenvalue weighted by molar-refractivity contribution is 0.174. The van der Waals surface area contributed by atoms with Gasteiger partial charge in [0.15, 0.2) is 0 Å². The molecule has 1 aromatic rings. The minimum atomic E-state index is 0.132. The summed E-state index contributed by atoms with van der Waals surface area (Å²) in [5.74, 6) is 0.301. The highest BCUT2D eigenvalue weighted by Gasteiger charge is 2.24. The summed E-state index contributed by atoms with van der Waals surface area (Å²) in [6.07, 6.45) is 0.493. The van der Waals surface area contributed by atoms with Crippen LogP contribution >= 0.6 is 0 Å². The van der Waals surface area contributed by atoms with Gasteiger partial charge in [0, 0.05) is 32.2 Å². The van der Waals surface area contributed by atoms with Gasteiger partial charge in [-0.1, -0.05) is 0 Å². The third-order valence-corrected chi connectivity index (χ3v) is 3.79. The number of benzene rings is 1. The maximum Gasteiger partial charge on any atom is 0.116 e. The Morgan fingerprint density at radius 1 is 1.32 bits per heavy atom. The van der Waals surface area contributed by atoms with E-state index < -0.39 is 0 Å². The van der Waals surface area contributed by atoms with Crippen molar-refractivity contribution in [3.8, 4) is 11.8 Å². The lowest BCUT2D eigenvalue weighted by Gasteiger charge is -2.35. The average molecular weight is 259 g/mol. The number of rotatable bonds is 3. The molecule has 1 saturated heterocycles. The Bertz CT molecular complexity index is 464. The fourth-order valence-electron chi connectivity index (χ4n) is 2.97. The van der Waals surface area contributed by atoms with E-state index in [1.807, 2.05) is 13.8 Å². The van der Waals surface area contributed by atoms with E-state index in [2.05, 4.69) is 16.3 Å². The quantitative estimate of drug-likeness (QED) is 0.870. The number of piperazine rings is 1. The third-order valence-electron chi connectivity index (χ3n) is 3.79. The molecule has 1 aliphatic heterocycles. The fraction of sp³-hybridized carbons (Fsp3) is 0.533. The van der Waals surface area contributed by atoms with Crippen LogP contribution in [0.3, 0.4) is 0 Å². The largest absolute Gasteiger partial charge is 0.508 e. The Morgan fingerprint density at radius 2 is 1.89 bits per heavy atom. The molecule has 0 bridgehead atoms. The Balaban J connectivity index is 2.36. The number of nitrogens with one attached hydrogen (secondary N) is 1. The number of aryl methyl sites for hydroxylation is 2. The smallest absolute Gasteiger partial charge is 0.116 e. The van der Waals surface area contributed by atoms with E-state index in [1.54, 1.807) is 12.1 Å². The van der Waals surface area contributed by atoms with Gasteiger partial charge >= 0.3 is 0 Å². The molecule has 0 aromatic heterocycles. The highest BCUT2D eigenvalue weighted by atomic mass is 16.3. The molecule has 1 heterocycles. The van der Waals surface area contributed by atoms with Crippen LogP contribution in [0.2, 0.25) is 0 Å². The summed E-state index contributed by atoms with van der Waals surface area (Å²) in [7, 11) is 0. The van der Waals surface area contributed by atoms with Crippen LogP contribution in [-0.4, -0.2) is 36.2 Å². The molecule has 0 unspecified atom stereocenters. The zero-order valence-electron chi connectivity index (χ0n) is 11.6. The van der Waals surface area contributed by atoms with Gasteiger partial charge < -0.3 is 10.4 Å². The SMILES string of the molecule is Cc1cc(O)cc(C)c1[C@@H](CC#N)N1CCNCC1. The highest BCUT2D eigenvalue weighted by Crippen LogP contribution is 2.32. The van der Waals surface area contributed by atoms with Crippen molar-refractivity contribution in [2.45, 2.75) is 26.3 Å². The van der Waals surface area contributed by atoms with E-state index in [0.717, 1.165) is 37.3 Å². The summed E-state index contributed by atoms with van der Waals surface area (Å²) >= 11 is 0. The molecule has 0 amide bonds. The molecular weight excluding hydrogens is 238 g/mol. The van der Waals surface area contributed by atoms with Crippen LogP contribution in [0, 0.1) is 25.2 Å². The van der Waals surface area contributed by atoms with Crippen LogP contribution in [0.5, 0.6) is 5.75 Å². The topological polar surface area (TPSA) is 59.3 Å². The molecule has 1 atom stereocenters. The molecule has 19 heavy (non-hydrogen) atoms. The monoisotopic (exact) mass is 259 g/mol. The molecule has 0 radical (unpaired) electrons. The molecule has 2 rings (SSSR count). The van der Waals surface area contributed by atoms with E-state index in [-0.39, 0.29) is 6.04 Å². The summed E-state index contributed by atoms with van der Waals surface area (Å²) in [5, 5.41) is 22.1. The molecule has 1 aliphatic rings. The standard InChI is InChI=1S/C15H21N3O/c1-11-9-13(19)10-12(2)15(11)14(3-4-16)18-7-5-17-6-8-18/h9-10,14,17,19H,3,5-8H2,1-2H3/t14-/m1/s1. The number of phenolic OH excluding ortho intramolecular Hbond substituents is 1. The summed E-state index contributed by atoms with van der Waals surface area (Å²) in [6, 6.07) is 6.01. The summed E-state index contributed by atoms with van der Waals surface area (Å²) < 4.78 is 0. The molecule has 4 nitrogen and oxygen atoms in total. The molecule has 0 spiro atoms. The first kappa shape index (κ1) is 13.9. The molecular formula is C15H21N3O. The molecule has 0 aliphatic carbocycles. The summed E-state index contributed by atoms with van der Waals surface area (Å²) in [6.45, 7) is 7.89. The lowest BCUT2D eigenvalue weighted by Crippen LogP contribution is -2.45. The van der Waals surface area contributed by atoms with Crippen molar-refractivity contribution in [2.75, 3.05) is 26.2 Å². The number of nitrogens with zero attached hydrogens (tertiary/aromatic N) is 2. The number of aromatic hydroxyl groups is 1. The third kappa shape index (κ3) is 3.06. The van der Waals surface area contributed by atoms with Gasteiger partial charge in [0.2, 0.25) is 0 Å². The zero-order valence-corrected chi connectivity index (χ0v) is 11.6. The Labute approximate surface area is 114 Å². The van der Waals surface area contributed by atoms with Gasteiger partial charge in [0.1, 0.15) is 5.75 Å². The van der Waals surface area contributed by atoms with Crippen LogP contribution in [0.1, 0.15) is 29.2 Å². The second-order valence-electron chi connectivity index (χ2n) is 5.16. The Hall–Kier alpha value is -1.57. The van der Waals surface area contributed by atoms with Crippen molar-refractivity contribution in [1.29, 1.82) is 5.26 Å². The van der Waals surface area contributed by atoms with Crippen molar-refractivity contribution in [1.82, 2.24) is 10.2 Å². The molecule has 1 fully saturated rings. The minimum Gasteiger partial charge on any atom is -0.508 e. The normalized spacial score (nSPS) is 17.9. The highest BCUT2D eigenvalue weighted by molar-refractivity contribution is 5.42. The van der Waals surface area contributed by atoms with Crippen molar-refractivity contribution < 1.29 is 5.11 Å². The molecule has 1 aromatic carbocycles. The van der Waals surface area contributed by atoms with Crippen molar-refractivity contribution in [3.05, 3.63) is 28.8 Å². The molecule has 102 valence electrons. The van der Waals surface area contributed by atoms with Crippen LogP contribution in [0.15, 0.2) is 12.1 Å². The maximum atomic E-state index is 9.65. The molecule has 2 N–H and O–H groups in total. The Kier molecular flexibility index (Phi) is 4.41. The van der Waals surface area contributed by atoms with Crippen LogP contribution in [0.4, 0.5) is 0 Å². The summed E-state index contributed by atoms with van der Waals surface area (Å²) in [4.78, 5) is 2.37. The number of hydrogen-bond donors (Lipinski definition) is 2. The number of phenols is 1. The predicted molar refractivity (Wildman–Crippen MR) is 75.0 cm³/mol. The molecule has 0 saturated carbocycles. The van der Waals surface area contributed by atoms with Crippen molar-refractivity contribution in [2.24, 2.45) is 0 Å². The molecule has 4 heteroatoms. The Morgan fingerprint density at radius 3 is 2.42 bits per heavy atom. The maximum absolute atomic E-state index is 9.65.